The van der Waals surface area contributed by atoms with Gasteiger partial charge in [-0.2, -0.15) is 5.10 Å². The third-order valence-corrected chi connectivity index (χ3v) is 6.76. The van der Waals surface area contributed by atoms with Crippen molar-refractivity contribution < 1.29 is 14.3 Å². The predicted octanol–water partition coefficient (Wildman–Crippen LogP) is 1.03. The van der Waals surface area contributed by atoms with Crippen LogP contribution in [0.25, 0.3) is 0 Å². The maximum absolute atomic E-state index is 13.3. The van der Waals surface area contributed by atoms with Crippen LogP contribution in [0.5, 0.6) is 0 Å². The molecule has 26 heavy (non-hydrogen) atoms. The molecule has 0 unspecified atom stereocenters. The summed E-state index contributed by atoms with van der Waals surface area (Å²) in [6.45, 7) is 5.14. The molecule has 2 atom stereocenters. The third-order valence-electron chi connectivity index (χ3n) is 6.76. The first kappa shape index (κ1) is 16.3. The van der Waals surface area contributed by atoms with Gasteiger partial charge >= 0.3 is 0 Å². The average Bonchev–Trinajstić information content (AvgIpc) is 3.05. The topological polar surface area (TPSA) is 67.7 Å². The van der Waals surface area contributed by atoms with Gasteiger partial charge in [0.05, 0.1) is 24.8 Å². The highest BCUT2D eigenvalue weighted by molar-refractivity contribution is 5.91. The Bertz CT molecular complexity index is 755. The summed E-state index contributed by atoms with van der Waals surface area (Å²) in [5.41, 5.74) is 2.24. The van der Waals surface area contributed by atoms with Gasteiger partial charge in [0.1, 0.15) is 0 Å². The number of rotatable bonds is 3. The van der Waals surface area contributed by atoms with E-state index in [9.17, 15) is 9.59 Å². The number of likely N-dealkylation sites (tertiary alicyclic amines) is 2. The van der Waals surface area contributed by atoms with Crippen molar-refractivity contribution in [1.29, 1.82) is 0 Å². The van der Waals surface area contributed by atoms with Crippen molar-refractivity contribution in [3.63, 3.8) is 0 Å². The fourth-order valence-corrected chi connectivity index (χ4v) is 4.99. The van der Waals surface area contributed by atoms with Crippen molar-refractivity contribution in [2.24, 2.45) is 18.4 Å². The number of carbonyl (C=O) groups excluding carboxylic acids is 2. The lowest BCUT2D eigenvalue weighted by Gasteiger charge is -2.48. The van der Waals surface area contributed by atoms with Crippen LogP contribution in [0.4, 0.5) is 0 Å². The lowest BCUT2D eigenvalue weighted by molar-refractivity contribution is -0.149. The average molecular weight is 358 g/mol. The molecule has 1 aromatic rings. The summed E-state index contributed by atoms with van der Waals surface area (Å²) in [4.78, 5) is 30.0. The summed E-state index contributed by atoms with van der Waals surface area (Å²) in [7, 11) is 1.91. The van der Waals surface area contributed by atoms with E-state index in [1.165, 1.54) is 0 Å². The lowest BCUT2D eigenvalue weighted by Crippen LogP contribution is -2.60. The molecular formula is C19H26N4O3. The number of hydrogen-bond donors (Lipinski definition) is 0. The quantitative estimate of drug-likeness (QED) is 0.809. The number of nitrogens with zero attached hydrogens (tertiary/aromatic N) is 4. The zero-order chi connectivity index (χ0) is 18.1. The first-order valence-corrected chi connectivity index (χ1v) is 9.65. The molecule has 2 amide bonds. The molecule has 0 radical (unpaired) electrons. The number of ether oxygens (including phenoxy) is 1. The van der Waals surface area contributed by atoms with Crippen LogP contribution in [0.1, 0.15) is 43.0 Å². The molecule has 3 aliphatic heterocycles. The molecule has 1 spiro atoms. The van der Waals surface area contributed by atoms with E-state index in [-0.39, 0.29) is 29.2 Å². The Morgan fingerprint density at radius 1 is 1.35 bits per heavy atom. The number of amides is 2. The molecule has 1 aliphatic carbocycles. The molecule has 4 aliphatic rings. The highest BCUT2D eigenvalue weighted by atomic mass is 16.5. The van der Waals surface area contributed by atoms with E-state index in [2.05, 4.69) is 5.10 Å². The van der Waals surface area contributed by atoms with Gasteiger partial charge in [0.2, 0.25) is 11.8 Å². The predicted molar refractivity (Wildman–Crippen MR) is 93.1 cm³/mol. The van der Waals surface area contributed by atoms with Crippen LogP contribution in [-0.2, 0) is 21.4 Å². The summed E-state index contributed by atoms with van der Waals surface area (Å²) in [5, 5.41) is 4.37. The van der Waals surface area contributed by atoms with Gasteiger partial charge in [-0.3, -0.25) is 14.3 Å². The van der Waals surface area contributed by atoms with E-state index < -0.39 is 0 Å². The maximum Gasteiger partial charge on any atom is 0.228 e. The van der Waals surface area contributed by atoms with Gasteiger partial charge < -0.3 is 14.5 Å². The Morgan fingerprint density at radius 3 is 2.69 bits per heavy atom. The van der Waals surface area contributed by atoms with Gasteiger partial charge in [-0.05, 0) is 26.2 Å². The normalized spacial score (nSPS) is 30.3. The van der Waals surface area contributed by atoms with Crippen LogP contribution in [0.3, 0.4) is 0 Å². The Hall–Kier alpha value is -1.89. The summed E-state index contributed by atoms with van der Waals surface area (Å²) in [6.07, 6.45) is 5.31. The van der Waals surface area contributed by atoms with Crippen LogP contribution in [0.2, 0.25) is 0 Å². The van der Waals surface area contributed by atoms with Gasteiger partial charge in [0.15, 0.2) is 0 Å². The molecule has 140 valence electrons. The standard InChI is InChI=1S/C19H26N4O3/c1-12-15(8-20-21(12)2)17-14(7-16(24)23(17)13-3-4-13)18(25)22-9-19(10-22)5-6-26-11-19/h8,13-14,17H,3-7,9-11H2,1-2H3/t14-,17-/m0/s1. The first-order chi connectivity index (χ1) is 12.5. The SMILES string of the molecule is Cc1c([C@@H]2[C@@H](C(=O)N3CC4(CCOC4)C3)CC(=O)N2C2CC2)cnn1C. The summed E-state index contributed by atoms with van der Waals surface area (Å²) in [6, 6.07) is 0.142. The molecule has 5 rings (SSSR count). The van der Waals surface area contributed by atoms with Crippen LogP contribution in [0.15, 0.2) is 6.20 Å². The van der Waals surface area contributed by atoms with E-state index in [1.807, 2.05) is 34.6 Å². The second-order valence-electron chi connectivity index (χ2n) is 8.59. The molecule has 7 heteroatoms. The Morgan fingerprint density at radius 2 is 2.12 bits per heavy atom. The smallest absolute Gasteiger partial charge is 0.228 e. The van der Waals surface area contributed by atoms with Crippen molar-refractivity contribution in [1.82, 2.24) is 19.6 Å². The molecule has 1 aromatic heterocycles. The Balaban J connectivity index is 1.42. The number of aryl methyl sites for hydroxylation is 1. The van der Waals surface area contributed by atoms with E-state index in [4.69, 9.17) is 4.74 Å². The van der Waals surface area contributed by atoms with Crippen LogP contribution >= 0.6 is 0 Å². The Kier molecular flexibility index (Phi) is 3.48. The van der Waals surface area contributed by atoms with E-state index in [0.717, 1.165) is 56.8 Å². The zero-order valence-corrected chi connectivity index (χ0v) is 15.5. The first-order valence-electron chi connectivity index (χ1n) is 9.65. The van der Waals surface area contributed by atoms with Gasteiger partial charge in [-0.1, -0.05) is 0 Å². The second-order valence-corrected chi connectivity index (χ2v) is 8.59. The van der Waals surface area contributed by atoms with Crippen molar-refractivity contribution in [2.45, 2.75) is 44.7 Å². The minimum absolute atomic E-state index is 0.124. The monoisotopic (exact) mass is 358 g/mol. The highest BCUT2D eigenvalue weighted by Crippen LogP contribution is 2.48. The van der Waals surface area contributed by atoms with Crippen LogP contribution in [-0.4, -0.2) is 63.7 Å². The molecule has 4 heterocycles. The summed E-state index contributed by atoms with van der Waals surface area (Å²) in [5.74, 6) is -0.0310. The Labute approximate surface area is 153 Å². The molecular weight excluding hydrogens is 332 g/mol. The van der Waals surface area contributed by atoms with E-state index in [0.29, 0.717) is 12.5 Å². The third kappa shape index (κ3) is 2.32. The molecule has 0 bridgehead atoms. The molecule has 4 fully saturated rings. The number of aromatic nitrogens is 2. The second kappa shape index (κ2) is 5.55. The largest absolute Gasteiger partial charge is 0.381 e. The van der Waals surface area contributed by atoms with Gasteiger partial charge in [-0.25, -0.2) is 0 Å². The lowest BCUT2D eigenvalue weighted by atomic mass is 9.78. The van der Waals surface area contributed by atoms with Crippen molar-refractivity contribution in [3.8, 4) is 0 Å². The number of carbonyl (C=O) groups is 2. The van der Waals surface area contributed by atoms with Crippen molar-refractivity contribution in [3.05, 3.63) is 17.5 Å². The summed E-state index contributed by atoms with van der Waals surface area (Å²) < 4.78 is 7.36. The summed E-state index contributed by atoms with van der Waals surface area (Å²) >= 11 is 0. The van der Waals surface area contributed by atoms with E-state index in [1.54, 1.807) is 0 Å². The highest BCUT2D eigenvalue weighted by Gasteiger charge is 2.55. The fraction of sp³-hybridized carbons (Fsp3) is 0.737. The van der Waals surface area contributed by atoms with E-state index >= 15 is 0 Å². The molecule has 0 N–H and O–H groups in total. The zero-order valence-electron chi connectivity index (χ0n) is 15.5. The van der Waals surface area contributed by atoms with Crippen molar-refractivity contribution >= 4 is 11.8 Å². The molecule has 0 aromatic carbocycles. The van der Waals surface area contributed by atoms with Crippen LogP contribution < -0.4 is 0 Å². The minimum atomic E-state index is -0.286. The molecule has 7 nitrogen and oxygen atoms in total. The van der Waals surface area contributed by atoms with Gasteiger partial charge in [0, 0.05) is 55.9 Å². The molecule has 3 saturated heterocycles. The minimum Gasteiger partial charge on any atom is -0.381 e. The van der Waals surface area contributed by atoms with Crippen molar-refractivity contribution in [2.75, 3.05) is 26.3 Å². The van der Waals surface area contributed by atoms with Crippen LogP contribution in [0, 0.1) is 18.3 Å². The van der Waals surface area contributed by atoms with Gasteiger partial charge in [0.25, 0.3) is 0 Å². The fourth-order valence-electron chi connectivity index (χ4n) is 4.99. The van der Waals surface area contributed by atoms with Gasteiger partial charge in [-0.15, -0.1) is 0 Å². The molecule has 1 saturated carbocycles. The maximum atomic E-state index is 13.3. The number of hydrogen-bond acceptors (Lipinski definition) is 4.